The van der Waals surface area contributed by atoms with Crippen LogP contribution in [-0.4, -0.2) is 18.1 Å². The number of benzene rings is 1. The molecule has 1 aliphatic carbocycles. The van der Waals surface area contributed by atoms with E-state index in [2.05, 4.69) is 17.6 Å². The molecule has 1 atom stereocenters. The summed E-state index contributed by atoms with van der Waals surface area (Å²) in [4.78, 5) is 26.5. The molecule has 1 heterocycles. The zero-order valence-corrected chi connectivity index (χ0v) is 18.9. The van der Waals surface area contributed by atoms with Crippen molar-refractivity contribution in [2.75, 3.05) is 10.6 Å². The van der Waals surface area contributed by atoms with Crippen molar-refractivity contribution in [3.63, 3.8) is 0 Å². The van der Waals surface area contributed by atoms with Crippen LogP contribution in [0.3, 0.4) is 0 Å². The van der Waals surface area contributed by atoms with E-state index < -0.39 is 12.0 Å². The van der Waals surface area contributed by atoms with Crippen LogP contribution in [0.5, 0.6) is 0 Å². The van der Waals surface area contributed by atoms with Gasteiger partial charge in [-0.1, -0.05) is 36.5 Å². The van der Waals surface area contributed by atoms with Gasteiger partial charge >= 0.3 is 12.0 Å². The SMILES string of the molecule is CC[C@H]1CCc2c(sc(NC(=O)Nc3ccc(Cl)c(Cl)c3)c2C(=O)OC(C)C)C1. The summed E-state index contributed by atoms with van der Waals surface area (Å²) in [5.41, 5.74) is 2.00. The lowest BCUT2D eigenvalue weighted by molar-refractivity contribution is 0.0378. The summed E-state index contributed by atoms with van der Waals surface area (Å²) in [6.45, 7) is 5.81. The quantitative estimate of drug-likeness (QED) is 0.489. The standard InChI is InChI=1S/C21H24Cl2N2O3S/c1-4-12-5-7-14-17(9-12)29-19(18(14)20(26)28-11(2)3)25-21(27)24-13-6-8-15(22)16(23)10-13/h6,8,10-12H,4-5,7,9H2,1-3H3,(H2,24,25,27)/t12-/m0/s1. The molecule has 2 amide bonds. The van der Waals surface area contributed by atoms with Gasteiger partial charge < -0.3 is 10.1 Å². The second-order valence-electron chi connectivity index (χ2n) is 7.39. The lowest BCUT2D eigenvalue weighted by Gasteiger charge is -2.21. The minimum Gasteiger partial charge on any atom is -0.459 e. The number of carbonyl (C=O) groups excluding carboxylic acids is 2. The van der Waals surface area contributed by atoms with Gasteiger partial charge in [0.2, 0.25) is 0 Å². The molecule has 0 bridgehead atoms. The number of esters is 1. The number of thiophene rings is 1. The van der Waals surface area contributed by atoms with E-state index in [1.54, 1.807) is 18.2 Å². The third-order valence-electron chi connectivity index (χ3n) is 4.90. The number of hydrogen-bond donors (Lipinski definition) is 2. The Hall–Kier alpha value is -1.76. The largest absolute Gasteiger partial charge is 0.459 e. The van der Waals surface area contributed by atoms with Crippen LogP contribution < -0.4 is 10.6 Å². The summed E-state index contributed by atoms with van der Waals surface area (Å²) in [6.07, 6.45) is 3.65. The van der Waals surface area contributed by atoms with Gasteiger partial charge in [0.15, 0.2) is 0 Å². The van der Waals surface area contributed by atoms with Gasteiger partial charge in [0.25, 0.3) is 0 Å². The number of nitrogens with one attached hydrogen (secondary N) is 2. The number of hydrogen-bond acceptors (Lipinski definition) is 4. The molecule has 0 fully saturated rings. The average molecular weight is 455 g/mol. The Kier molecular flexibility index (Phi) is 7.09. The van der Waals surface area contributed by atoms with E-state index in [9.17, 15) is 9.59 Å². The van der Waals surface area contributed by atoms with Crippen LogP contribution in [0, 0.1) is 5.92 Å². The van der Waals surface area contributed by atoms with Crippen LogP contribution in [0.25, 0.3) is 0 Å². The molecule has 1 aromatic heterocycles. The highest BCUT2D eigenvalue weighted by Gasteiger charge is 2.30. The Bertz CT molecular complexity index is 927. The fourth-order valence-electron chi connectivity index (χ4n) is 3.42. The first-order valence-corrected chi connectivity index (χ1v) is 11.2. The number of urea groups is 1. The summed E-state index contributed by atoms with van der Waals surface area (Å²) >= 11 is 13.4. The Morgan fingerprint density at radius 2 is 2.00 bits per heavy atom. The predicted octanol–water partition coefficient (Wildman–Crippen LogP) is 6.78. The van der Waals surface area contributed by atoms with Crippen molar-refractivity contribution >= 4 is 57.2 Å². The Morgan fingerprint density at radius 3 is 2.66 bits per heavy atom. The smallest absolute Gasteiger partial charge is 0.341 e. The molecule has 1 aromatic carbocycles. The molecule has 156 valence electrons. The van der Waals surface area contributed by atoms with Crippen molar-refractivity contribution in [3.8, 4) is 0 Å². The van der Waals surface area contributed by atoms with Gasteiger partial charge in [0.05, 0.1) is 21.7 Å². The highest BCUT2D eigenvalue weighted by Crippen LogP contribution is 2.41. The molecule has 3 rings (SSSR count). The first-order chi connectivity index (χ1) is 13.8. The highest BCUT2D eigenvalue weighted by molar-refractivity contribution is 7.17. The van der Waals surface area contributed by atoms with Crippen molar-refractivity contribution in [3.05, 3.63) is 44.2 Å². The average Bonchev–Trinajstić information content (AvgIpc) is 3.00. The molecule has 0 spiro atoms. The molecule has 0 aliphatic heterocycles. The number of rotatable bonds is 5. The van der Waals surface area contributed by atoms with Crippen LogP contribution in [0.1, 0.15) is 54.4 Å². The minimum atomic E-state index is -0.451. The summed E-state index contributed by atoms with van der Waals surface area (Å²) < 4.78 is 5.45. The molecule has 8 heteroatoms. The first-order valence-electron chi connectivity index (χ1n) is 9.67. The summed E-state index contributed by atoms with van der Waals surface area (Å²) in [7, 11) is 0. The van der Waals surface area contributed by atoms with Crippen LogP contribution >= 0.6 is 34.5 Å². The third-order valence-corrected chi connectivity index (χ3v) is 6.80. The minimum absolute atomic E-state index is 0.233. The Morgan fingerprint density at radius 1 is 1.24 bits per heavy atom. The van der Waals surface area contributed by atoms with Crippen LogP contribution in [0.15, 0.2) is 18.2 Å². The maximum atomic E-state index is 12.8. The fourth-order valence-corrected chi connectivity index (χ4v) is 5.06. The van der Waals surface area contributed by atoms with Crippen LogP contribution in [0.4, 0.5) is 15.5 Å². The van der Waals surface area contributed by atoms with Gasteiger partial charge in [-0.05, 0) is 62.8 Å². The summed E-state index contributed by atoms with van der Waals surface area (Å²) in [6, 6.07) is 4.39. The predicted molar refractivity (Wildman–Crippen MR) is 120 cm³/mol. The topological polar surface area (TPSA) is 67.4 Å². The Labute approximate surface area is 184 Å². The van der Waals surface area contributed by atoms with E-state index in [1.807, 2.05) is 13.8 Å². The first kappa shape index (κ1) is 21.9. The number of halogens is 2. The summed E-state index contributed by atoms with van der Waals surface area (Å²) in [5, 5.41) is 6.84. The fraction of sp³-hybridized carbons (Fsp3) is 0.429. The van der Waals surface area contributed by atoms with E-state index in [0.717, 1.165) is 36.1 Å². The molecule has 29 heavy (non-hydrogen) atoms. The molecule has 2 N–H and O–H groups in total. The maximum absolute atomic E-state index is 12.8. The van der Waals surface area contributed by atoms with Crippen molar-refractivity contribution in [2.45, 2.75) is 52.6 Å². The molecular weight excluding hydrogens is 431 g/mol. The Balaban J connectivity index is 1.85. The van der Waals surface area contributed by atoms with Crippen LogP contribution in [0.2, 0.25) is 10.0 Å². The molecule has 2 aromatic rings. The maximum Gasteiger partial charge on any atom is 0.341 e. The zero-order chi connectivity index (χ0) is 21.1. The van der Waals surface area contributed by atoms with Gasteiger partial charge in [-0.2, -0.15) is 0 Å². The molecule has 5 nitrogen and oxygen atoms in total. The lowest BCUT2D eigenvalue weighted by atomic mass is 9.85. The van der Waals surface area contributed by atoms with Gasteiger partial charge in [-0.15, -0.1) is 11.3 Å². The van der Waals surface area contributed by atoms with Crippen molar-refractivity contribution in [1.82, 2.24) is 0 Å². The van der Waals surface area contributed by atoms with E-state index >= 15 is 0 Å². The molecular formula is C21H24Cl2N2O3S. The van der Waals surface area contributed by atoms with Crippen molar-refractivity contribution < 1.29 is 14.3 Å². The molecule has 0 saturated carbocycles. The van der Waals surface area contributed by atoms with Gasteiger partial charge in [-0.3, -0.25) is 5.32 Å². The van der Waals surface area contributed by atoms with Gasteiger partial charge in [0, 0.05) is 10.6 Å². The monoisotopic (exact) mass is 454 g/mol. The summed E-state index contributed by atoms with van der Waals surface area (Å²) in [5.74, 6) is 0.213. The van der Waals surface area contributed by atoms with E-state index in [0.29, 0.717) is 32.2 Å². The number of amides is 2. The van der Waals surface area contributed by atoms with Gasteiger partial charge in [-0.25, -0.2) is 9.59 Å². The van der Waals surface area contributed by atoms with Crippen LogP contribution in [-0.2, 0) is 17.6 Å². The zero-order valence-electron chi connectivity index (χ0n) is 16.6. The number of fused-ring (bicyclic) bond motifs is 1. The lowest BCUT2D eigenvalue weighted by Crippen LogP contribution is -2.22. The van der Waals surface area contributed by atoms with Crippen molar-refractivity contribution in [1.29, 1.82) is 0 Å². The third kappa shape index (κ3) is 5.24. The molecule has 0 saturated heterocycles. The van der Waals surface area contributed by atoms with E-state index in [-0.39, 0.29) is 6.10 Å². The second kappa shape index (κ2) is 9.37. The van der Waals surface area contributed by atoms with E-state index in [4.69, 9.17) is 27.9 Å². The molecule has 0 radical (unpaired) electrons. The van der Waals surface area contributed by atoms with Crippen molar-refractivity contribution in [2.24, 2.45) is 5.92 Å². The molecule has 0 unspecified atom stereocenters. The highest BCUT2D eigenvalue weighted by atomic mass is 35.5. The van der Waals surface area contributed by atoms with E-state index in [1.165, 1.54) is 11.3 Å². The number of anilines is 2. The number of carbonyl (C=O) groups is 2. The number of ether oxygens (including phenoxy) is 1. The van der Waals surface area contributed by atoms with Gasteiger partial charge in [0.1, 0.15) is 5.00 Å². The normalized spacial score (nSPS) is 15.7. The second-order valence-corrected chi connectivity index (χ2v) is 9.31. The molecule has 1 aliphatic rings.